The summed E-state index contributed by atoms with van der Waals surface area (Å²) in [6.07, 6.45) is 1.04. The topological polar surface area (TPSA) is 99.3 Å². The van der Waals surface area contributed by atoms with E-state index in [2.05, 4.69) is 25.8 Å². The van der Waals surface area contributed by atoms with Crippen molar-refractivity contribution in [1.29, 1.82) is 0 Å². The van der Waals surface area contributed by atoms with E-state index >= 15 is 0 Å². The third-order valence-corrected chi connectivity index (χ3v) is 2.13. The van der Waals surface area contributed by atoms with Gasteiger partial charge in [-0.25, -0.2) is 4.98 Å². The number of rotatable bonds is 4. The number of hydrogen-bond acceptors (Lipinski definition) is 8. The van der Waals surface area contributed by atoms with Crippen LogP contribution in [0, 0.1) is 4.91 Å². The van der Waals surface area contributed by atoms with E-state index in [-0.39, 0.29) is 10.7 Å². The molecule has 0 aliphatic carbocycles. The minimum atomic E-state index is 0.138. The molecule has 0 atom stereocenters. The molecule has 8 heteroatoms. The maximum absolute atomic E-state index is 10.4. The van der Waals surface area contributed by atoms with Crippen LogP contribution in [0.4, 0.5) is 10.1 Å². The molecule has 1 heterocycles. The van der Waals surface area contributed by atoms with E-state index in [0.29, 0.717) is 5.13 Å². The van der Waals surface area contributed by atoms with Gasteiger partial charge in [-0.2, -0.15) is 5.10 Å². The SMILES string of the molecule is CC(C)=NNc1nc(/C=N/O)c(N=O)s1. The van der Waals surface area contributed by atoms with Gasteiger partial charge in [0, 0.05) is 5.71 Å². The van der Waals surface area contributed by atoms with Gasteiger partial charge in [-0.05, 0) is 19.0 Å². The minimum absolute atomic E-state index is 0.138. The standard InChI is InChI=1S/C7H9N5O2S/c1-4(2)10-11-7-9-5(3-8-13)6(12-14)15-7/h3,13H,1-2H3,(H,9,11)/b8-3+. The molecular formula is C7H9N5O2S. The van der Waals surface area contributed by atoms with Gasteiger partial charge in [-0.3, -0.25) is 5.43 Å². The summed E-state index contributed by atoms with van der Waals surface area (Å²) in [5, 5.41) is 18.3. The summed E-state index contributed by atoms with van der Waals surface area (Å²) in [4.78, 5) is 14.3. The molecule has 0 unspecified atom stereocenters. The van der Waals surface area contributed by atoms with E-state index in [4.69, 9.17) is 5.21 Å². The van der Waals surface area contributed by atoms with Crippen molar-refractivity contribution in [2.45, 2.75) is 13.8 Å². The molecule has 7 nitrogen and oxygen atoms in total. The Balaban J connectivity index is 2.92. The molecule has 0 aliphatic rings. The van der Waals surface area contributed by atoms with Crippen LogP contribution >= 0.6 is 11.3 Å². The van der Waals surface area contributed by atoms with Crippen molar-refractivity contribution in [3.63, 3.8) is 0 Å². The first-order valence-corrected chi connectivity index (χ1v) is 4.77. The first kappa shape index (κ1) is 11.2. The molecule has 0 aromatic carbocycles. The third kappa shape index (κ3) is 3.09. The first-order valence-electron chi connectivity index (χ1n) is 3.96. The first-order chi connectivity index (χ1) is 7.17. The van der Waals surface area contributed by atoms with Crippen molar-refractivity contribution in [1.82, 2.24) is 4.98 Å². The van der Waals surface area contributed by atoms with Gasteiger partial charge in [0.1, 0.15) is 5.69 Å². The van der Waals surface area contributed by atoms with E-state index < -0.39 is 0 Å². The van der Waals surface area contributed by atoms with E-state index in [9.17, 15) is 4.91 Å². The maximum Gasteiger partial charge on any atom is 0.206 e. The lowest BCUT2D eigenvalue weighted by molar-refractivity contribution is 0.321. The quantitative estimate of drug-likeness (QED) is 0.356. The molecule has 80 valence electrons. The zero-order valence-electron chi connectivity index (χ0n) is 8.13. The largest absolute Gasteiger partial charge is 0.411 e. The van der Waals surface area contributed by atoms with Crippen LogP contribution in [0.5, 0.6) is 0 Å². The Bertz CT molecular complexity index is 408. The van der Waals surface area contributed by atoms with Crippen molar-refractivity contribution < 1.29 is 5.21 Å². The molecule has 0 radical (unpaired) electrons. The molecule has 0 aliphatic heterocycles. The van der Waals surface area contributed by atoms with Gasteiger partial charge in [0.2, 0.25) is 5.13 Å². The van der Waals surface area contributed by atoms with Crippen LogP contribution < -0.4 is 5.43 Å². The fourth-order valence-electron chi connectivity index (χ4n) is 0.736. The van der Waals surface area contributed by atoms with Gasteiger partial charge in [0.25, 0.3) is 0 Å². The van der Waals surface area contributed by atoms with Gasteiger partial charge in [0.15, 0.2) is 5.00 Å². The predicted octanol–water partition coefficient (Wildman–Crippen LogP) is 2.16. The van der Waals surface area contributed by atoms with Crippen LogP contribution in [-0.2, 0) is 0 Å². The highest BCUT2D eigenvalue weighted by Crippen LogP contribution is 2.29. The van der Waals surface area contributed by atoms with Gasteiger partial charge >= 0.3 is 0 Å². The van der Waals surface area contributed by atoms with Crippen molar-refractivity contribution in [3.05, 3.63) is 10.6 Å². The molecule has 0 saturated carbocycles. The molecule has 0 bridgehead atoms. The molecule has 1 aromatic heterocycles. The Morgan fingerprint density at radius 3 is 2.87 bits per heavy atom. The highest BCUT2D eigenvalue weighted by Gasteiger charge is 2.09. The summed E-state index contributed by atoms with van der Waals surface area (Å²) < 4.78 is 0. The molecule has 2 N–H and O–H groups in total. The van der Waals surface area contributed by atoms with Crippen LogP contribution in [-0.4, -0.2) is 22.1 Å². The number of hydrogen-bond donors (Lipinski definition) is 2. The summed E-state index contributed by atoms with van der Waals surface area (Å²) in [5.41, 5.74) is 3.69. The summed E-state index contributed by atoms with van der Waals surface area (Å²) in [6, 6.07) is 0. The second-order valence-corrected chi connectivity index (χ2v) is 3.69. The second-order valence-electron chi connectivity index (χ2n) is 2.72. The Labute approximate surface area is 89.5 Å². The number of nitrogens with one attached hydrogen (secondary N) is 1. The lowest BCUT2D eigenvalue weighted by Crippen LogP contribution is -1.92. The van der Waals surface area contributed by atoms with E-state index in [1.807, 2.05) is 13.8 Å². The highest BCUT2D eigenvalue weighted by molar-refractivity contribution is 7.19. The smallest absolute Gasteiger partial charge is 0.206 e. The molecule has 0 saturated heterocycles. The third-order valence-electron chi connectivity index (χ3n) is 1.27. The summed E-state index contributed by atoms with van der Waals surface area (Å²) in [6.45, 7) is 3.63. The molecule has 1 aromatic rings. The Hall–Kier alpha value is -1.83. The van der Waals surface area contributed by atoms with E-state index in [0.717, 1.165) is 23.3 Å². The normalized spacial score (nSPS) is 10.3. The van der Waals surface area contributed by atoms with Crippen molar-refractivity contribution in [2.24, 2.45) is 15.4 Å². The number of oxime groups is 1. The molecule has 0 fully saturated rings. The highest BCUT2D eigenvalue weighted by atomic mass is 32.1. The molecule has 0 amide bonds. The lowest BCUT2D eigenvalue weighted by Gasteiger charge is -1.92. The Morgan fingerprint density at radius 2 is 2.33 bits per heavy atom. The minimum Gasteiger partial charge on any atom is -0.411 e. The van der Waals surface area contributed by atoms with E-state index in [1.54, 1.807) is 0 Å². The van der Waals surface area contributed by atoms with Crippen molar-refractivity contribution in [2.75, 3.05) is 5.43 Å². The average Bonchev–Trinajstić information content (AvgIpc) is 2.58. The zero-order chi connectivity index (χ0) is 11.3. The number of thiazole rings is 1. The van der Waals surface area contributed by atoms with Gasteiger partial charge in [0.05, 0.1) is 6.21 Å². The monoisotopic (exact) mass is 227 g/mol. The van der Waals surface area contributed by atoms with Crippen LogP contribution in [0.1, 0.15) is 19.5 Å². The molecule has 0 spiro atoms. The maximum atomic E-state index is 10.4. The van der Waals surface area contributed by atoms with Crippen LogP contribution in [0.2, 0.25) is 0 Å². The number of hydrazone groups is 1. The number of anilines is 1. The Morgan fingerprint density at radius 1 is 1.60 bits per heavy atom. The zero-order valence-corrected chi connectivity index (χ0v) is 8.95. The fraction of sp³-hybridized carbons (Fsp3) is 0.286. The fourth-order valence-corrected chi connectivity index (χ4v) is 1.39. The molecule has 1 rings (SSSR count). The van der Waals surface area contributed by atoms with Crippen molar-refractivity contribution >= 4 is 33.4 Å². The van der Waals surface area contributed by atoms with Gasteiger partial charge < -0.3 is 5.21 Å². The van der Waals surface area contributed by atoms with E-state index in [1.165, 1.54) is 0 Å². The average molecular weight is 227 g/mol. The summed E-state index contributed by atoms with van der Waals surface area (Å²) >= 11 is 1.03. The molecular weight excluding hydrogens is 218 g/mol. The van der Waals surface area contributed by atoms with Crippen LogP contribution in [0.25, 0.3) is 0 Å². The Kier molecular flexibility index (Phi) is 3.86. The lowest BCUT2D eigenvalue weighted by atomic mass is 10.5. The van der Waals surface area contributed by atoms with Crippen LogP contribution in [0.15, 0.2) is 15.4 Å². The second kappa shape index (κ2) is 5.15. The van der Waals surface area contributed by atoms with Gasteiger partial charge in [-0.1, -0.05) is 16.5 Å². The summed E-state index contributed by atoms with van der Waals surface area (Å²) in [5.74, 6) is 0. The van der Waals surface area contributed by atoms with Crippen molar-refractivity contribution in [3.8, 4) is 0 Å². The van der Waals surface area contributed by atoms with Gasteiger partial charge in [-0.15, -0.1) is 4.91 Å². The predicted molar refractivity (Wildman–Crippen MR) is 59.4 cm³/mol. The summed E-state index contributed by atoms with van der Waals surface area (Å²) in [7, 11) is 0. The number of nitroso groups, excluding NO2 is 1. The van der Waals surface area contributed by atoms with Crippen LogP contribution in [0.3, 0.4) is 0 Å². The molecule has 15 heavy (non-hydrogen) atoms. The number of nitrogens with zero attached hydrogens (tertiary/aromatic N) is 4. The number of aromatic nitrogens is 1.